The second-order valence-electron chi connectivity index (χ2n) is 6.13. The Hall–Kier alpha value is -2.22. The van der Waals surface area contributed by atoms with E-state index < -0.39 is 6.03 Å². The van der Waals surface area contributed by atoms with Crippen LogP contribution in [0.3, 0.4) is 0 Å². The van der Waals surface area contributed by atoms with Crippen LogP contribution in [0.5, 0.6) is 0 Å². The molecule has 2 aromatic rings. The summed E-state index contributed by atoms with van der Waals surface area (Å²) in [5, 5.41) is 7.09. The van der Waals surface area contributed by atoms with Crippen LogP contribution in [0, 0.1) is 0 Å². The first-order valence-electron chi connectivity index (χ1n) is 8.61. The highest BCUT2D eigenvalue weighted by Gasteiger charge is 2.30. The summed E-state index contributed by atoms with van der Waals surface area (Å²) in [6.07, 6.45) is 0.920. The standard InChI is InChI=1S/C19H23N3O3S/c1-25-11-9-20-19(24)21-17(23)13-22-10-7-16-15(8-12-26-16)18(22)14-5-3-2-4-6-14/h2-6,8,12,18H,7,9-11,13H2,1H3,(H2,20,21,23,24)/t18-/m1/s1. The van der Waals surface area contributed by atoms with E-state index in [2.05, 4.69) is 39.1 Å². The normalized spacial score (nSPS) is 16.7. The van der Waals surface area contributed by atoms with Crippen molar-refractivity contribution in [3.63, 3.8) is 0 Å². The zero-order valence-corrected chi connectivity index (χ0v) is 15.6. The molecule has 0 unspecified atom stereocenters. The van der Waals surface area contributed by atoms with Gasteiger partial charge in [-0.2, -0.15) is 0 Å². The van der Waals surface area contributed by atoms with E-state index in [9.17, 15) is 9.59 Å². The lowest BCUT2D eigenvalue weighted by Crippen LogP contribution is -2.47. The van der Waals surface area contributed by atoms with Crippen molar-refractivity contribution in [2.24, 2.45) is 0 Å². The smallest absolute Gasteiger partial charge is 0.321 e. The number of urea groups is 1. The lowest BCUT2D eigenvalue weighted by molar-refractivity contribution is -0.121. The molecule has 1 aromatic heterocycles. The molecule has 3 amide bonds. The van der Waals surface area contributed by atoms with Gasteiger partial charge in [0.15, 0.2) is 0 Å². The van der Waals surface area contributed by atoms with Gasteiger partial charge in [0.25, 0.3) is 0 Å². The fourth-order valence-electron chi connectivity index (χ4n) is 3.23. The molecule has 0 aliphatic carbocycles. The molecule has 0 saturated heterocycles. The van der Waals surface area contributed by atoms with E-state index in [0.717, 1.165) is 18.5 Å². The van der Waals surface area contributed by atoms with Gasteiger partial charge in [-0.3, -0.25) is 15.0 Å². The van der Waals surface area contributed by atoms with Crippen molar-refractivity contribution in [1.29, 1.82) is 0 Å². The van der Waals surface area contributed by atoms with Crippen molar-refractivity contribution < 1.29 is 14.3 Å². The third kappa shape index (κ3) is 4.49. The van der Waals surface area contributed by atoms with Crippen LogP contribution in [0.4, 0.5) is 4.79 Å². The number of hydrogen-bond acceptors (Lipinski definition) is 5. The van der Waals surface area contributed by atoms with Gasteiger partial charge in [0.05, 0.1) is 19.2 Å². The number of hydrogen-bond donors (Lipinski definition) is 2. The van der Waals surface area contributed by atoms with Gasteiger partial charge in [-0.15, -0.1) is 11.3 Å². The Labute approximate surface area is 157 Å². The maximum Gasteiger partial charge on any atom is 0.321 e. The second kappa shape index (κ2) is 8.93. The quantitative estimate of drug-likeness (QED) is 0.762. The zero-order valence-electron chi connectivity index (χ0n) is 14.7. The van der Waals surface area contributed by atoms with Crippen molar-refractivity contribution in [1.82, 2.24) is 15.5 Å². The van der Waals surface area contributed by atoms with Gasteiger partial charge in [0.2, 0.25) is 5.91 Å². The third-order valence-corrected chi connectivity index (χ3v) is 5.37. The Morgan fingerprint density at radius 1 is 1.27 bits per heavy atom. The Morgan fingerprint density at radius 3 is 2.85 bits per heavy atom. The van der Waals surface area contributed by atoms with Crippen LogP contribution in [0.15, 0.2) is 41.8 Å². The molecule has 3 rings (SSSR count). The van der Waals surface area contributed by atoms with Gasteiger partial charge in [-0.1, -0.05) is 30.3 Å². The molecule has 1 aromatic carbocycles. The molecule has 138 valence electrons. The van der Waals surface area contributed by atoms with E-state index in [-0.39, 0.29) is 18.5 Å². The van der Waals surface area contributed by atoms with Crippen LogP contribution in [0.25, 0.3) is 0 Å². The highest BCUT2D eigenvalue weighted by molar-refractivity contribution is 7.10. The number of methoxy groups -OCH3 is 1. The highest BCUT2D eigenvalue weighted by atomic mass is 32.1. The Kier molecular flexibility index (Phi) is 6.38. The monoisotopic (exact) mass is 373 g/mol. The predicted octanol–water partition coefficient (Wildman–Crippen LogP) is 2.17. The molecule has 0 bridgehead atoms. The van der Waals surface area contributed by atoms with E-state index in [1.807, 2.05) is 18.2 Å². The van der Waals surface area contributed by atoms with E-state index in [4.69, 9.17) is 4.74 Å². The molecule has 2 N–H and O–H groups in total. The lowest BCUT2D eigenvalue weighted by Gasteiger charge is -2.35. The number of fused-ring (bicyclic) bond motifs is 1. The minimum absolute atomic E-state index is 0.0357. The molecule has 0 saturated carbocycles. The topological polar surface area (TPSA) is 70.7 Å². The number of carbonyl (C=O) groups excluding carboxylic acids is 2. The Bertz CT molecular complexity index is 747. The first kappa shape index (κ1) is 18.6. The van der Waals surface area contributed by atoms with E-state index in [0.29, 0.717) is 13.2 Å². The summed E-state index contributed by atoms with van der Waals surface area (Å²) in [5.41, 5.74) is 2.41. The number of ether oxygens (including phenoxy) is 1. The van der Waals surface area contributed by atoms with Gasteiger partial charge < -0.3 is 10.1 Å². The number of thiophene rings is 1. The van der Waals surface area contributed by atoms with E-state index in [1.165, 1.54) is 10.4 Å². The summed E-state index contributed by atoms with van der Waals surface area (Å²) in [5.74, 6) is -0.306. The van der Waals surface area contributed by atoms with Gasteiger partial charge in [0.1, 0.15) is 0 Å². The maximum atomic E-state index is 12.3. The first-order chi connectivity index (χ1) is 12.7. The first-order valence-corrected chi connectivity index (χ1v) is 9.49. The minimum atomic E-state index is -0.489. The van der Waals surface area contributed by atoms with Crippen molar-refractivity contribution in [3.05, 3.63) is 57.8 Å². The minimum Gasteiger partial charge on any atom is -0.383 e. The molecule has 0 radical (unpaired) electrons. The molecular formula is C19H23N3O3S. The fraction of sp³-hybridized carbons (Fsp3) is 0.368. The highest BCUT2D eigenvalue weighted by Crippen LogP contribution is 2.37. The van der Waals surface area contributed by atoms with Crippen molar-refractivity contribution in [2.75, 3.05) is 33.4 Å². The SMILES string of the molecule is COCCNC(=O)NC(=O)CN1CCc2sccc2[C@H]1c1ccccc1. The lowest BCUT2D eigenvalue weighted by atomic mass is 9.93. The van der Waals surface area contributed by atoms with Crippen LogP contribution >= 0.6 is 11.3 Å². The Morgan fingerprint density at radius 2 is 2.08 bits per heavy atom. The summed E-state index contributed by atoms with van der Waals surface area (Å²) >= 11 is 1.76. The Balaban J connectivity index is 1.68. The number of carbonyl (C=O) groups is 2. The number of benzene rings is 1. The number of rotatable bonds is 6. The predicted molar refractivity (Wildman–Crippen MR) is 101 cm³/mol. The maximum absolute atomic E-state index is 12.3. The fourth-order valence-corrected chi connectivity index (χ4v) is 4.13. The van der Waals surface area contributed by atoms with E-state index >= 15 is 0 Å². The summed E-state index contributed by atoms with van der Waals surface area (Å²) in [6.45, 7) is 1.73. The van der Waals surface area contributed by atoms with Gasteiger partial charge in [0, 0.05) is 25.1 Å². The molecule has 0 spiro atoms. The van der Waals surface area contributed by atoms with Gasteiger partial charge >= 0.3 is 6.03 Å². The van der Waals surface area contributed by atoms with Crippen LogP contribution in [0.1, 0.15) is 22.0 Å². The third-order valence-electron chi connectivity index (χ3n) is 4.37. The molecule has 1 aliphatic rings. The average Bonchev–Trinajstić information content (AvgIpc) is 3.11. The van der Waals surface area contributed by atoms with Crippen LogP contribution in [-0.2, 0) is 16.0 Å². The molecule has 1 aliphatic heterocycles. The molecule has 26 heavy (non-hydrogen) atoms. The van der Waals surface area contributed by atoms with Crippen molar-refractivity contribution in [3.8, 4) is 0 Å². The molecular weight excluding hydrogens is 350 g/mol. The van der Waals surface area contributed by atoms with Crippen LogP contribution in [0.2, 0.25) is 0 Å². The number of amides is 3. The second-order valence-corrected chi connectivity index (χ2v) is 7.13. The molecule has 6 nitrogen and oxygen atoms in total. The largest absolute Gasteiger partial charge is 0.383 e. The summed E-state index contributed by atoms with van der Waals surface area (Å²) in [4.78, 5) is 27.6. The average molecular weight is 373 g/mol. The van der Waals surface area contributed by atoms with Gasteiger partial charge in [-0.05, 0) is 29.0 Å². The van der Waals surface area contributed by atoms with Gasteiger partial charge in [-0.25, -0.2) is 4.79 Å². The van der Waals surface area contributed by atoms with Crippen LogP contribution < -0.4 is 10.6 Å². The van der Waals surface area contributed by atoms with Crippen molar-refractivity contribution >= 4 is 23.3 Å². The van der Waals surface area contributed by atoms with E-state index in [1.54, 1.807) is 18.4 Å². The number of imide groups is 1. The summed E-state index contributed by atoms with van der Waals surface area (Å²) < 4.78 is 4.87. The summed E-state index contributed by atoms with van der Waals surface area (Å²) in [7, 11) is 1.56. The molecule has 0 fully saturated rings. The molecule has 2 heterocycles. The van der Waals surface area contributed by atoms with Crippen molar-refractivity contribution in [2.45, 2.75) is 12.5 Å². The molecule has 1 atom stereocenters. The number of nitrogens with zero attached hydrogens (tertiary/aromatic N) is 1. The number of nitrogens with one attached hydrogen (secondary N) is 2. The molecule has 7 heteroatoms. The zero-order chi connectivity index (χ0) is 18.4. The van der Waals surface area contributed by atoms with Crippen LogP contribution in [-0.4, -0.2) is 50.2 Å². The summed E-state index contributed by atoms with van der Waals surface area (Å²) in [6, 6.07) is 11.9.